The Hall–Kier alpha value is -2.56. The molecule has 1 aromatic carbocycles. The molecular formula is C13H10N4O. The molecule has 0 unspecified atom stereocenters. The van der Waals surface area contributed by atoms with Crippen LogP contribution in [0.15, 0.2) is 43.0 Å². The molecule has 2 heterocycles. The van der Waals surface area contributed by atoms with E-state index in [0.29, 0.717) is 16.9 Å². The number of benzene rings is 1. The minimum absolute atomic E-state index is 0.110. The van der Waals surface area contributed by atoms with Crippen molar-refractivity contribution in [1.29, 1.82) is 0 Å². The van der Waals surface area contributed by atoms with Crippen LogP contribution in [0, 0.1) is 0 Å². The molecule has 0 atom stereocenters. The molecule has 88 valence electrons. The largest absolute Gasteiger partial charge is 0.293 e. The summed E-state index contributed by atoms with van der Waals surface area (Å²) in [7, 11) is 0. The molecule has 18 heavy (non-hydrogen) atoms. The van der Waals surface area contributed by atoms with Crippen LogP contribution in [0.1, 0.15) is 17.4 Å². The van der Waals surface area contributed by atoms with Crippen molar-refractivity contribution in [2.45, 2.75) is 6.92 Å². The van der Waals surface area contributed by atoms with Gasteiger partial charge in [-0.15, -0.1) is 0 Å². The van der Waals surface area contributed by atoms with Gasteiger partial charge in [-0.1, -0.05) is 18.2 Å². The van der Waals surface area contributed by atoms with E-state index in [-0.39, 0.29) is 5.78 Å². The molecule has 3 rings (SSSR count). The van der Waals surface area contributed by atoms with E-state index in [1.165, 1.54) is 13.3 Å². The molecule has 0 saturated carbocycles. The maximum absolute atomic E-state index is 11.5. The second kappa shape index (κ2) is 4.03. The topological polar surface area (TPSA) is 60.7 Å². The molecule has 0 radical (unpaired) electrons. The second-order valence-corrected chi connectivity index (χ2v) is 3.90. The highest BCUT2D eigenvalue weighted by Gasteiger charge is 2.13. The van der Waals surface area contributed by atoms with Crippen LogP contribution >= 0.6 is 0 Å². The van der Waals surface area contributed by atoms with Gasteiger partial charge < -0.3 is 0 Å². The van der Waals surface area contributed by atoms with Crippen LogP contribution in [0.4, 0.5) is 0 Å². The summed E-state index contributed by atoms with van der Waals surface area (Å²) >= 11 is 0. The Bertz CT molecular complexity index is 718. The molecule has 5 heteroatoms. The molecule has 0 aliphatic heterocycles. The summed E-state index contributed by atoms with van der Waals surface area (Å²) in [4.78, 5) is 23.9. The van der Waals surface area contributed by atoms with Gasteiger partial charge in [-0.25, -0.2) is 15.0 Å². The predicted molar refractivity (Wildman–Crippen MR) is 66.7 cm³/mol. The lowest BCUT2D eigenvalue weighted by atomic mass is 10.2. The monoisotopic (exact) mass is 238 g/mol. The van der Waals surface area contributed by atoms with E-state index >= 15 is 0 Å². The van der Waals surface area contributed by atoms with Gasteiger partial charge in [-0.2, -0.15) is 0 Å². The maximum atomic E-state index is 11.5. The molecule has 0 spiro atoms. The SMILES string of the molecule is CC(=O)c1ncnc2c1ncn2-c1ccccc1. The first-order chi connectivity index (χ1) is 8.77. The van der Waals surface area contributed by atoms with Gasteiger partial charge in [0.1, 0.15) is 23.9 Å². The number of nitrogens with zero attached hydrogens (tertiary/aromatic N) is 4. The summed E-state index contributed by atoms with van der Waals surface area (Å²) in [5.74, 6) is -0.110. The number of rotatable bonds is 2. The molecule has 5 nitrogen and oxygen atoms in total. The van der Waals surface area contributed by atoms with Crippen LogP contribution in [0.3, 0.4) is 0 Å². The Kier molecular flexibility index (Phi) is 2.37. The van der Waals surface area contributed by atoms with Crippen LogP contribution < -0.4 is 0 Å². The number of hydrogen-bond donors (Lipinski definition) is 0. The Labute approximate surface area is 103 Å². The Morgan fingerprint density at radius 2 is 1.89 bits per heavy atom. The number of fused-ring (bicyclic) bond motifs is 1. The average Bonchev–Trinajstić information content (AvgIpc) is 2.83. The third-order valence-corrected chi connectivity index (χ3v) is 2.70. The van der Waals surface area contributed by atoms with Crippen LogP contribution in [0.5, 0.6) is 0 Å². The van der Waals surface area contributed by atoms with Crippen molar-refractivity contribution < 1.29 is 4.79 Å². The zero-order valence-electron chi connectivity index (χ0n) is 9.74. The van der Waals surface area contributed by atoms with E-state index < -0.39 is 0 Å². The van der Waals surface area contributed by atoms with Crippen LogP contribution in [-0.2, 0) is 0 Å². The Morgan fingerprint density at radius 1 is 1.11 bits per heavy atom. The lowest BCUT2D eigenvalue weighted by Crippen LogP contribution is -2.00. The third kappa shape index (κ3) is 1.57. The zero-order valence-corrected chi connectivity index (χ0v) is 9.74. The van der Waals surface area contributed by atoms with Gasteiger partial charge in [0.15, 0.2) is 11.4 Å². The quantitative estimate of drug-likeness (QED) is 0.641. The summed E-state index contributed by atoms with van der Waals surface area (Å²) in [5, 5.41) is 0. The number of hydrogen-bond acceptors (Lipinski definition) is 4. The fourth-order valence-corrected chi connectivity index (χ4v) is 1.87. The van der Waals surface area contributed by atoms with Crippen LogP contribution in [0.2, 0.25) is 0 Å². The minimum Gasteiger partial charge on any atom is -0.293 e. The summed E-state index contributed by atoms with van der Waals surface area (Å²) in [5.41, 5.74) is 2.48. The first-order valence-electron chi connectivity index (χ1n) is 5.52. The summed E-state index contributed by atoms with van der Waals surface area (Å²) in [6.45, 7) is 1.48. The fraction of sp³-hybridized carbons (Fsp3) is 0.0769. The van der Waals surface area contributed by atoms with E-state index in [0.717, 1.165) is 5.69 Å². The van der Waals surface area contributed by atoms with Gasteiger partial charge in [-0.05, 0) is 12.1 Å². The van der Waals surface area contributed by atoms with E-state index in [1.54, 1.807) is 6.33 Å². The maximum Gasteiger partial charge on any atom is 0.180 e. The fourth-order valence-electron chi connectivity index (χ4n) is 1.87. The number of ketones is 1. The lowest BCUT2D eigenvalue weighted by Gasteiger charge is -2.02. The Morgan fingerprint density at radius 3 is 2.61 bits per heavy atom. The first-order valence-corrected chi connectivity index (χ1v) is 5.52. The highest BCUT2D eigenvalue weighted by Crippen LogP contribution is 2.17. The second-order valence-electron chi connectivity index (χ2n) is 3.90. The molecule has 0 N–H and O–H groups in total. The number of carbonyl (C=O) groups excluding carboxylic acids is 1. The molecule has 0 fully saturated rings. The first kappa shape index (κ1) is 10.6. The van der Waals surface area contributed by atoms with Gasteiger partial charge in [0.2, 0.25) is 0 Å². The molecule has 0 aliphatic rings. The summed E-state index contributed by atoms with van der Waals surface area (Å²) in [6.07, 6.45) is 3.04. The number of para-hydroxylation sites is 1. The summed E-state index contributed by atoms with van der Waals surface area (Å²) in [6, 6.07) is 9.73. The molecule has 2 aromatic heterocycles. The van der Waals surface area contributed by atoms with E-state index in [4.69, 9.17) is 0 Å². The van der Waals surface area contributed by atoms with Gasteiger partial charge in [0, 0.05) is 12.6 Å². The standard InChI is InChI=1S/C13H10N4O/c1-9(18)11-12-13(15-7-14-11)17(8-16-12)10-5-3-2-4-6-10/h2-8H,1H3. The molecule has 0 saturated heterocycles. The highest BCUT2D eigenvalue weighted by molar-refractivity contribution is 6.02. The van der Waals surface area contributed by atoms with Crippen molar-refractivity contribution in [2.75, 3.05) is 0 Å². The molecule has 0 aliphatic carbocycles. The van der Waals surface area contributed by atoms with Crippen LogP contribution in [0.25, 0.3) is 16.9 Å². The van der Waals surface area contributed by atoms with Crippen molar-refractivity contribution >= 4 is 16.9 Å². The van der Waals surface area contributed by atoms with Gasteiger partial charge in [0.25, 0.3) is 0 Å². The average molecular weight is 238 g/mol. The van der Waals surface area contributed by atoms with Gasteiger partial charge in [-0.3, -0.25) is 9.36 Å². The Balaban J connectivity index is 2.28. The van der Waals surface area contributed by atoms with Crippen molar-refractivity contribution in [3.63, 3.8) is 0 Å². The van der Waals surface area contributed by atoms with Crippen molar-refractivity contribution in [1.82, 2.24) is 19.5 Å². The zero-order chi connectivity index (χ0) is 12.5. The number of aromatic nitrogens is 4. The predicted octanol–water partition coefficient (Wildman–Crippen LogP) is 2.02. The molecular weight excluding hydrogens is 228 g/mol. The van der Waals surface area contributed by atoms with Crippen LogP contribution in [-0.4, -0.2) is 25.3 Å². The third-order valence-electron chi connectivity index (χ3n) is 2.70. The van der Waals surface area contributed by atoms with E-state index in [2.05, 4.69) is 15.0 Å². The van der Waals surface area contributed by atoms with Gasteiger partial charge >= 0.3 is 0 Å². The number of carbonyl (C=O) groups is 1. The molecule has 0 amide bonds. The van der Waals surface area contributed by atoms with Crippen molar-refractivity contribution in [3.8, 4) is 5.69 Å². The lowest BCUT2D eigenvalue weighted by molar-refractivity contribution is 0.101. The van der Waals surface area contributed by atoms with E-state index in [1.807, 2.05) is 34.9 Å². The van der Waals surface area contributed by atoms with Crippen molar-refractivity contribution in [3.05, 3.63) is 48.7 Å². The highest BCUT2D eigenvalue weighted by atomic mass is 16.1. The smallest absolute Gasteiger partial charge is 0.180 e. The molecule has 3 aromatic rings. The molecule has 0 bridgehead atoms. The summed E-state index contributed by atoms with van der Waals surface area (Å²) < 4.78 is 1.84. The van der Waals surface area contributed by atoms with Gasteiger partial charge in [0.05, 0.1) is 0 Å². The number of imidazole rings is 1. The normalized spacial score (nSPS) is 10.7. The van der Waals surface area contributed by atoms with Crippen molar-refractivity contribution in [2.24, 2.45) is 0 Å². The minimum atomic E-state index is -0.110. The van der Waals surface area contributed by atoms with E-state index in [9.17, 15) is 4.79 Å². The number of Topliss-reactive ketones (excluding diaryl/α,β-unsaturated/α-hetero) is 1.